The van der Waals surface area contributed by atoms with Gasteiger partial charge in [-0.25, -0.2) is 4.89 Å². The summed E-state index contributed by atoms with van der Waals surface area (Å²) in [7, 11) is 2.84. The highest BCUT2D eigenvalue weighted by Crippen LogP contribution is 1.82. The molecule has 11 heavy (non-hydrogen) atoms. The largest absolute Gasteiger partial charge is 0.428 e. The Morgan fingerprint density at radius 1 is 1.27 bits per heavy atom. The Labute approximate surface area is 74.1 Å². The summed E-state index contributed by atoms with van der Waals surface area (Å²) in [6.07, 6.45) is 2.48. The van der Waals surface area contributed by atoms with Gasteiger partial charge in [0.05, 0.1) is 7.11 Å². The molecule has 0 aliphatic carbocycles. The van der Waals surface area contributed by atoms with E-state index in [-0.39, 0.29) is 0 Å². The van der Waals surface area contributed by atoms with Crippen molar-refractivity contribution in [2.24, 2.45) is 0 Å². The minimum absolute atomic E-state index is 0.551. The summed E-state index contributed by atoms with van der Waals surface area (Å²) in [5.74, 6) is 0. The number of hydrogen-bond donors (Lipinski definition) is 0. The van der Waals surface area contributed by atoms with Crippen molar-refractivity contribution in [2.45, 2.75) is 19.8 Å². The summed E-state index contributed by atoms with van der Waals surface area (Å²) in [4.78, 5) is 4.00. The normalized spacial score (nSPS) is 9.27. The van der Waals surface area contributed by atoms with Gasteiger partial charge in [0, 0.05) is 6.61 Å². The van der Waals surface area contributed by atoms with Crippen molar-refractivity contribution < 1.29 is 18.9 Å². The lowest BCUT2D eigenvalue weighted by Gasteiger charge is -1.90. The predicted molar refractivity (Wildman–Crippen MR) is 49.9 cm³/mol. The molecular formula is C5H18O4Si2. The van der Waals surface area contributed by atoms with E-state index in [2.05, 4.69) is 21.4 Å². The monoisotopic (exact) mass is 198 g/mol. The highest BCUT2D eigenvalue weighted by Gasteiger charge is 1.74. The Morgan fingerprint density at radius 2 is 1.91 bits per heavy atom. The van der Waals surface area contributed by atoms with E-state index < -0.39 is 0 Å². The molecule has 0 N–H and O–H groups in total. The summed E-state index contributed by atoms with van der Waals surface area (Å²) < 4.78 is 9.03. The van der Waals surface area contributed by atoms with Crippen LogP contribution in [0, 0.1) is 0 Å². The first-order valence-corrected chi connectivity index (χ1v) is 5.19. The van der Waals surface area contributed by atoms with E-state index >= 15 is 0 Å². The first kappa shape index (κ1) is 13.8. The van der Waals surface area contributed by atoms with E-state index in [9.17, 15) is 0 Å². The molecule has 0 unspecified atom stereocenters. The van der Waals surface area contributed by atoms with Gasteiger partial charge in [0.1, 0.15) is 10.5 Å². The van der Waals surface area contributed by atoms with E-state index in [1.54, 1.807) is 0 Å². The molecule has 0 heterocycles. The predicted octanol–water partition coefficient (Wildman–Crippen LogP) is -1.14. The molecule has 0 aliphatic rings. The summed E-state index contributed by atoms with van der Waals surface area (Å²) in [5.41, 5.74) is 0. The number of unbranched alkanes of at least 4 members (excludes halogenated alkanes) is 1. The standard InChI is InChI=1S/C4H12OSi.CH6O3Si/c1-2-3-4-5-6;1-2-3-4-5/h2-4H2,1,6H3;1,5H3. The lowest BCUT2D eigenvalue weighted by Crippen LogP contribution is -1.85. The first-order valence-electron chi connectivity index (χ1n) is 3.55. The zero-order chi connectivity index (χ0) is 8.95. The third-order valence-electron chi connectivity index (χ3n) is 0.838. The maximum atomic E-state index is 4.92. The Bertz CT molecular complexity index is 49.7. The molecule has 0 atom stereocenters. The summed E-state index contributed by atoms with van der Waals surface area (Å²) in [6, 6.07) is 0. The van der Waals surface area contributed by atoms with E-state index in [1.807, 2.05) is 0 Å². The van der Waals surface area contributed by atoms with Gasteiger partial charge in [-0.15, -0.1) is 0 Å². The van der Waals surface area contributed by atoms with E-state index in [4.69, 9.17) is 4.43 Å². The van der Waals surface area contributed by atoms with Crippen LogP contribution in [-0.2, 0) is 18.9 Å². The van der Waals surface area contributed by atoms with Gasteiger partial charge in [-0.2, -0.15) is 0 Å². The summed E-state index contributed by atoms with van der Waals surface area (Å²) in [5, 5.41) is 3.90. The third-order valence-corrected chi connectivity index (χ3v) is 1.38. The molecule has 0 radical (unpaired) electrons. The average Bonchev–Trinajstić information content (AvgIpc) is 2.04. The van der Waals surface area contributed by atoms with Crippen molar-refractivity contribution in [1.29, 1.82) is 0 Å². The molecule has 0 aromatic heterocycles. The third kappa shape index (κ3) is 25.3. The van der Waals surface area contributed by atoms with Crippen LogP contribution < -0.4 is 0 Å². The SMILES string of the molecule is CCCCO[SiH3].COOO[SiH3]. The smallest absolute Gasteiger partial charge is 0.197 e. The molecule has 0 bridgehead atoms. The fourth-order valence-electron chi connectivity index (χ4n) is 0.357. The fraction of sp³-hybridized carbons (Fsp3) is 1.00. The van der Waals surface area contributed by atoms with Crippen molar-refractivity contribution in [3.63, 3.8) is 0 Å². The van der Waals surface area contributed by atoms with Crippen molar-refractivity contribution >= 4 is 21.0 Å². The zero-order valence-electron chi connectivity index (χ0n) is 7.75. The second kappa shape index (κ2) is 16.7. The van der Waals surface area contributed by atoms with Gasteiger partial charge in [-0.05, 0) is 6.42 Å². The zero-order valence-corrected chi connectivity index (χ0v) is 11.8. The van der Waals surface area contributed by atoms with Crippen LogP contribution >= 0.6 is 0 Å². The van der Waals surface area contributed by atoms with Crippen LogP contribution in [0.2, 0.25) is 0 Å². The molecule has 0 rings (SSSR count). The maximum Gasteiger partial charge on any atom is 0.197 e. The highest BCUT2D eigenvalue weighted by atomic mass is 28.2. The van der Waals surface area contributed by atoms with E-state index in [0.29, 0.717) is 10.5 Å². The van der Waals surface area contributed by atoms with Crippen LogP contribution in [0.15, 0.2) is 0 Å². The van der Waals surface area contributed by atoms with Crippen molar-refractivity contribution in [2.75, 3.05) is 13.7 Å². The molecule has 0 saturated heterocycles. The van der Waals surface area contributed by atoms with Gasteiger partial charge in [0.15, 0.2) is 10.5 Å². The summed E-state index contributed by atoms with van der Waals surface area (Å²) >= 11 is 0. The number of rotatable bonds is 5. The average molecular weight is 198 g/mol. The van der Waals surface area contributed by atoms with Gasteiger partial charge in [0.2, 0.25) is 0 Å². The Hall–Kier alpha value is 0.274. The second-order valence-corrected chi connectivity index (χ2v) is 2.66. The van der Waals surface area contributed by atoms with E-state index in [1.165, 1.54) is 20.0 Å². The minimum atomic E-state index is 0.551. The quantitative estimate of drug-likeness (QED) is 0.242. The van der Waals surface area contributed by atoms with Crippen molar-refractivity contribution in [1.82, 2.24) is 0 Å². The Kier molecular flexibility index (Phi) is 21.0. The van der Waals surface area contributed by atoms with Gasteiger partial charge >= 0.3 is 0 Å². The molecule has 0 amide bonds. The van der Waals surface area contributed by atoms with Crippen LogP contribution in [0.3, 0.4) is 0 Å². The minimum Gasteiger partial charge on any atom is -0.428 e. The van der Waals surface area contributed by atoms with Crippen LogP contribution in [0.1, 0.15) is 19.8 Å². The second-order valence-electron chi connectivity index (χ2n) is 1.75. The Balaban J connectivity index is 0. The summed E-state index contributed by atoms with van der Waals surface area (Å²) in [6.45, 7) is 3.14. The topological polar surface area (TPSA) is 36.9 Å². The molecule has 0 aliphatic heterocycles. The maximum absolute atomic E-state index is 4.92. The van der Waals surface area contributed by atoms with Crippen molar-refractivity contribution in [3.8, 4) is 0 Å². The molecule has 0 saturated carbocycles. The fourth-order valence-corrected chi connectivity index (χ4v) is 0.781. The molecule has 4 nitrogen and oxygen atoms in total. The number of hydrogen-bond acceptors (Lipinski definition) is 4. The molecule has 70 valence electrons. The van der Waals surface area contributed by atoms with Gasteiger partial charge in [0.25, 0.3) is 0 Å². The Morgan fingerprint density at radius 3 is 2.00 bits per heavy atom. The van der Waals surface area contributed by atoms with Crippen LogP contribution in [0.4, 0.5) is 0 Å². The lowest BCUT2D eigenvalue weighted by atomic mass is 10.4. The molecule has 0 spiro atoms. The van der Waals surface area contributed by atoms with Crippen LogP contribution in [0.25, 0.3) is 0 Å². The lowest BCUT2D eigenvalue weighted by molar-refractivity contribution is -0.454. The van der Waals surface area contributed by atoms with E-state index in [0.717, 1.165) is 17.1 Å². The molecular weight excluding hydrogens is 180 g/mol. The van der Waals surface area contributed by atoms with Crippen molar-refractivity contribution in [3.05, 3.63) is 0 Å². The molecule has 0 fully saturated rings. The van der Waals surface area contributed by atoms with Crippen LogP contribution in [-0.4, -0.2) is 34.7 Å². The van der Waals surface area contributed by atoms with Gasteiger partial charge in [-0.1, -0.05) is 18.4 Å². The van der Waals surface area contributed by atoms with Crippen LogP contribution in [0.5, 0.6) is 0 Å². The highest BCUT2D eigenvalue weighted by molar-refractivity contribution is 5.97. The van der Waals surface area contributed by atoms with Gasteiger partial charge < -0.3 is 4.43 Å². The molecule has 0 aromatic rings. The molecule has 6 heteroatoms. The first-order chi connectivity index (χ1) is 5.33. The molecule has 0 aromatic carbocycles. The van der Waals surface area contributed by atoms with Gasteiger partial charge in [-0.3, -0.25) is 4.58 Å².